The lowest BCUT2D eigenvalue weighted by atomic mass is 10.2. The van der Waals surface area contributed by atoms with Crippen molar-refractivity contribution in [1.82, 2.24) is 4.90 Å². The van der Waals surface area contributed by atoms with Crippen LogP contribution in [0.4, 0.5) is 0 Å². The molecule has 0 saturated carbocycles. The average molecular weight is 170 g/mol. The lowest BCUT2D eigenvalue weighted by molar-refractivity contribution is 0.882. The normalized spacial score (nSPS) is 22.2. The maximum Gasteiger partial charge on any atom is 0.141 e. The summed E-state index contributed by atoms with van der Waals surface area (Å²) in [7, 11) is 0. The zero-order valence-corrected chi connectivity index (χ0v) is 6.75. The van der Waals surface area contributed by atoms with Crippen LogP contribution in [0.1, 0.15) is 0 Å². The van der Waals surface area contributed by atoms with Crippen molar-refractivity contribution in [1.29, 1.82) is 0 Å². The molecule has 0 aromatic rings. The maximum atomic E-state index is 4.21. The molecule has 0 bridgehead atoms. The van der Waals surface area contributed by atoms with Crippen LogP contribution in [0, 0.1) is 0 Å². The summed E-state index contributed by atoms with van der Waals surface area (Å²) in [5.74, 6) is 2.61. The molecule has 0 saturated heterocycles. The molecule has 3 rings (SSSR count). The highest BCUT2D eigenvalue weighted by atomic mass is 15.3. The number of amidine groups is 3. The van der Waals surface area contributed by atoms with Crippen molar-refractivity contribution in [2.75, 3.05) is 0 Å². The van der Waals surface area contributed by atoms with E-state index < -0.39 is 0 Å². The Hall–Kier alpha value is -1.97. The van der Waals surface area contributed by atoms with Crippen LogP contribution in [-0.2, 0) is 0 Å². The third-order valence-corrected chi connectivity index (χ3v) is 1.98. The molecule has 3 aliphatic heterocycles. The molecule has 3 heterocycles. The molecule has 0 aromatic heterocycles. The fourth-order valence-corrected chi connectivity index (χ4v) is 1.42. The second-order valence-corrected chi connectivity index (χ2v) is 2.74. The second kappa shape index (κ2) is 2.26. The molecule has 0 unspecified atom stereocenters. The molecular formula is C9H6N4. The molecular weight excluding hydrogens is 164 g/mol. The minimum absolute atomic E-state index is 0.871. The summed E-state index contributed by atoms with van der Waals surface area (Å²) in [5, 5.41) is 0. The van der Waals surface area contributed by atoms with Crippen LogP contribution >= 0.6 is 0 Å². The summed E-state index contributed by atoms with van der Waals surface area (Å²) in [5.41, 5.74) is 0. The molecule has 4 heteroatoms. The van der Waals surface area contributed by atoms with E-state index in [0.717, 1.165) is 17.5 Å². The molecule has 13 heavy (non-hydrogen) atoms. The summed E-state index contributed by atoms with van der Waals surface area (Å²) in [6.45, 7) is 0. The van der Waals surface area contributed by atoms with E-state index in [9.17, 15) is 0 Å². The van der Waals surface area contributed by atoms with Gasteiger partial charge >= 0.3 is 0 Å². The largest absolute Gasteiger partial charge is 0.262 e. The van der Waals surface area contributed by atoms with E-state index in [4.69, 9.17) is 0 Å². The van der Waals surface area contributed by atoms with Gasteiger partial charge in [0.25, 0.3) is 0 Å². The first-order chi connectivity index (χ1) is 6.45. The van der Waals surface area contributed by atoms with E-state index >= 15 is 0 Å². The summed E-state index contributed by atoms with van der Waals surface area (Å²) in [6.07, 6.45) is 10.8. The van der Waals surface area contributed by atoms with Gasteiger partial charge in [0.05, 0.1) is 0 Å². The van der Waals surface area contributed by atoms with Crippen LogP contribution in [0.15, 0.2) is 51.8 Å². The lowest BCUT2D eigenvalue weighted by Crippen LogP contribution is -2.43. The molecule has 3 aliphatic rings. The van der Waals surface area contributed by atoms with Crippen molar-refractivity contribution in [3.05, 3.63) is 36.8 Å². The zero-order valence-electron chi connectivity index (χ0n) is 6.75. The van der Waals surface area contributed by atoms with Gasteiger partial charge in [-0.05, 0) is 18.2 Å². The van der Waals surface area contributed by atoms with Gasteiger partial charge in [0.15, 0.2) is 0 Å². The Balaban J connectivity index is 2.23. The fourth-order valence-electron chi connectivity index (χ4n) is 1.42. The van der Waals surface area contributed by atoms with Crippen molar-refractivity contribution in [3.8, 4) is 0 Å². The lowest BCUT2D eigenvalue weighted by Gasteiger charge is -2.29. The minimum atomic E-state index is 0.871. The molecule has 0 aliphatic carbocycles. The summed E-state index contributed by atoms with van der Waals surface area (Å²) in [4.78, 5) is 14.6. The Morgan fingerprint density at radius 2 is 1.08 bits per heavy atom. The Kier molecular flexibility index (Phi) is 1.14. The Morgan fingerprint density at radius 1 is 0.692 bits per heavy atom. The Bertz CT molecular complexity index is 368. The quantitative estimate of drug-likeness (QED) is 0.536. The minimum Gasteiger partial charge on any atom is -0.262 e. The number of hydrogen-bond donors (Lipinski definition) is 0. The molecule has 4 nitrogen and oxygen atoms in total. The predicted octanol–water partition coefficient (Wildman–Crippen LogP) is 1.07. The van der Waals surface area contributed by atoms with Crippen LogP contribution < -0.4 is 0 Å². The van der Waals surface area contributed by atoms with Gasteiger partial charge in [0.1, 0.15) is 17.5 Å². The standard InChI is InChI=1S/C9H6N4/c1-4-10-8-3-6-12-9-2-5-11-7(1)13(8)9/h1-6H. The van der Waals surface area contributed by atoms with Gasteiger partial charge in [-0.2, -0.15) is 0 Å². The monoisotopic (exact) mass is 170 g/mol. The number of hydrogen-bond acceptors (Lipinski definition) is 4. The predicted molar refractivity (Wildman–Crippen MR) is 51.6 cm³/mol. The van der Waals surface area contributed by atoms with Crippen LogP contribution in [0.25, 0.3) is 0 Å². The van der Waals surface area contributed by atoms with E-state index in [1.807, 2.05) is 23.1 Å². The smallest absolute Gasteiger partial charge is 0.141 e. The highest BCUT2D eigenvalue weighted by molar-refractivity contribution is 6.27. The van der Waals surface area contributed by atoms with E-state index in [2.05, 4.69) is 15.0 Å². The first-order valence-electron chi connectivity index (χ1n) is 3.98. The van der Waals surface area contributed by atoms with Crippen molar-refractivity contribution in [2.24, 2.45) is 15.0 Å². The first-order valence-corrected chi connectivity index (χ1v) is 3.98. The van der Waals surface area contributed by atoms with Crippen LogP contribution in [0.2, 0.25) is 0 Å². The number of aliphatic imine (C=N–C) groups is 3. The molecule has 0 aromatic carbocycles. The Labute approximate surface area is 75.0 Å². The van der Waals surface area contributed by atoms with Gasteiger partial charge < -0.3 is 0 Å². The van der Waals surface area contributed by atoms with Crippen LogP contribution in [-0.4, -0.2) is 22.4 Å². The van der Waals surface area contributed by atoms with Gasteiger partial charge in [-0.3, -0.25) is 4.90 Å². The van der Waals surface area contributed by atoms with Crippen molar-refractivity contribution in [2.45, 2.75) is 0 Å². The number of nitrogens with zero attached hydrogens (tertiary/aromatic N) is 4. The van der Waals surface area contributed by atoms with Gasteiger partial charge in [-0.1, -0.05) is 0 Å². The van der Waals surface area contributed by atoms with Crippen LogP contribution in [0.5, 0.6) is 0 Å². The van der Waals surface area contributed by atoms with Crippen molar-refractivity contribution in [3.63, 3.8) is 0 Å². The van der Waals surface area contributed by atoms with E-state index in [1.165, 1.54) is 0 Å². The second-order valence-electron chi connectivity index (χ2n) is 2.74. The van der Waals surface area contributed by atoms with E-state index in [1.54, 1.807) is 18.6 Å². The topological polar surface area (TPSA) is 40.3 Å². The van der Waals surface area contributed by atoms with Crippen LogP contribution in [0.3, 0.4) is 0 Å². The third kappa shape index (κ3) is 0.823. The highest BCUT2D eigenvalue weighted by Crippen LogP contribution is 2.14. The maximum absolute atomic E-state index is 4.21. The van der Waals surface area contributed by atoms with Crippen molar-refractivity contribution < 1.29 is 0 Å². The molecule has 0 fully saturated rings. The molecule has 0 N–H and O–H groups in total. The summed E-state index contributed by atoms with van der Waals surface area (Å²) in [6, 6.07) is 0. The molecule has 62 valence electrons. The molecule has 0 radical (unpaired) electrons. The fraction of sp³-hybridized carbons (Fsp3) is 0. The zero-order chi connectivity index (χ0) is 8.67. The molecule has 0 amide bonds. The van der Waals surface area contributed by atoms with Gasteiger partial charge in [0.2, 0.25) is 0 Å². The highest BCUT2D eigenvalue weighted by Gasteiger charge is 2.24. The summed E-state index contributed by atoms with van der Waals surface area (Å²) < 4.78 is 0. The first kappa shape index (κ1) is 6.54. The SMILES string of the molecule is C1=CC2=NC=CC3=NC=CC(=N1)N23. The average Bonchev–Trinajstić information content (AvgIpc) is 2.19. The van der Waals surface area contributed by atoms with E-state index in [0.29, 0.717) is 0 Å². The van der Waals surface area contributed by atoms with E-state index in [-0.39, 0.29) is 0 Å². The van der Waals surface area contributed by atoms with Gasteiger partial charge in [-0.15, -0.1) is 0 Å². The molecule has 0 atom stereocenters. The van der Waals surface area contributed by atoms with Gasteiger partial charge in [0, 0.05) is 18.6 Å². The Morgan fingerprint density at radius 3 is 1.46 bits per heavy atom. The number of rotatable bonds is 0. The summed E-state index contributed by atoms with van der Waals surface area (Å²) >= 11 is 0. The van der Waals surface area contributed by atoms with Gasteiger partial charge in [-0.25, -0.2) is 15.0 Å². The van der Waals surface area contributed by atoms with Crippen molar-refractivity contribution >= 4 is 17.5 Å². The molecule has 0 spiro atoms. The third-order valence-electron chi connectivity index (χ3n) is 1.98.